The van der Waals surface area contributed by atoms with Gasteiger partial charge in [0.05, 0.1) is 11.4 Å². The maximum Gasteiger partial charge on any atom is 0.241 e. The summed E-state index contributed by atoms with van der Waals surface area (Å²) in [6, 6.07) is 18.8. The number of sulfonamides is 1. The molecule has 0 aliphatic heterocycles. The number of amides is 1. The van der Waals surface area contributed by atoms with Gasteiger partial charge in [-0.25, -0.2) is 22.5 Å². The number of nitrogens with one attached hydrogen (secondary N) is 1. The van der Waals surface area contributed by atoms with Gasteiger partial charge in [0, 0.05) is 37.1 Å². The lowest BCUT2D eigenvalue weighted by atomic mass is 9.71. The number of nitrogens with zero attached hydrogens (tertiary/aromatic N) is 3. The Morgan fingerprint density at radius 2 is 1.81 bits per heavy atom. The number of fused-ring (bicyclic) bond motifs is 1. The number of carbonyl (C=O) groups excluding carboxylic acids is 1. The van der Waals surface area contributed by atoms with E-state index in [1.165, 1.54) is 12.1 Å². The van der Waals surface area contributed by atoms with Crippen LogP contribution in [0.3, 0.4) is 0 Å². The summed E-state index contributed by atoms with van der Waals surface area (Å²) in [6.45, 7) is 6.54. The van der Waals surface area contributed by atoms with Crippen LogP contribution in [0, 0.1) is 18.7 Å². The first-order valence-corrected chi connectivity index (χ1v) is 16.2. The van der Waals surface area contributed by atoms with Crippen molar-refractivity contribution < 1.29 is 17.6 Å². The molecule has 1 aromatic heterocycles. The van der Waals surface area contributed by atoms with Gasteiger partial charge < -0.3 is 9.47 Å². The Balaban J connectivity index is 1.35. The van der Waals surface area contributed by atoms with Gasteiger partial charge in [0.15, 0.2) is 0 Å². The van der Waals surface area contributed by atoms with Gasteiger partial charge in [0.1, 0.15) is 11.6 Å². The lowest BCUT2D eigenvalue weighted by Gasteiger charge is -2.38. The molecule has 3 aromatic carbocycles. The monoisotopic (exact) mass is 600 g/mol. The van der Waals surface area contributed by atoms with Gasteiger partial charge in [-0.2, -0.15) is 0 Å². The molecule has 0 saturated heterocycles. The van der Waals surface area contributed by atoms with Crippen LogP contribution in [-0.4, -0.2) is 23.9 Å². The third-order valence-electron chi connectivity index (χ3n) is 9.03. The molecule has 0 unspecified atom stereocenters. The first kappa shape index (κ1) is 29.3. The van der Waals surface area contributed by atoms with Crippen LogP contribution in [-0.2, 0) is 33.8 Å². The molecule has 0 bridgehead atoms. The summed E-state index contributed by atoms with van der Waals surface area (Å²) in [5.74, 6) is 0.219. The summed E-state index contributed by atoms with van der Waals surface area (Å²) < 4.78 is 45.3. The predicted octanol–water partition coefficient (Wildman–Crippen LogP) is 6.30. The zero-order valence-corrected chi connectivity index (χ0v) is 25.7. The van der Waals surface area contributed by atoms with E-state index in [0.29, 0.717) is 18.5 Å². The molecule has 2 aliphatic carbocycles. The fourth-order valence-electron chi connectivity index (χ4n) is 6.25. The summed E-state index contributed by atoms with van der Waals surface area (Å²) >= 11 is 0. The molecule has 2 aliphatic rings. The van der Waals surface area contributed by atoms with E-state index in [9.17, 15) is 17.6 Å². The van der Waals surface area contributed by atoms with Crippen molar-refractivity contribution >= 4 is 21.6 Å². The van der Waals surface area contributed by atoms with Crippen molar-refractivity contribution in [2.45, 2.75) is 68.8 Å². The minimum absolute atomic E-state index is 0.0240. The van der Waals surface area contributed by atoms with Gasteiger partial charge in [0.2, 0.25) is 15.9 Å². The molecule has 4 aromatic rings. The molecule has 224 valence electrons. The van der Waals surface area contributed by atoms with Gasteiger partial charge in [-0.15, -0.1) is 0 Å². The van der Waals surface area contributed by atoms with Gasteiger partial charge in [-0.3, -0.25) is 4.79 Å². The normalized spacial score (nSPS) is 20.8. The van der Waals surface area contributed by atoms with E-state index in [1.807, 2.05) is 42.9 Å². The number of aryl methyl sites for hydroxylation is 2. The average Bonchev–Trinajstić information content (AvgIpc) is 3.67. The molecule has 1 fully saturated rings. The second-order valence-corrected chi connectivity index (χ2v) is 14.3. The summed E-state index contributed by atoms with van der Waals surface area (Å²) in [7, 11) is -1.87. The fourth-order valence-corrected chi connectivity index (χ4v) is 7.50. The minimum Gasteiger partial charge on any atom is -0.337 e. The number of imidazole rings is 1. The number of carbonyl (C=O) groups is 1. The highest BCUT2D eigenvalue weighted by atomic mass is 32.2. The van der Waals surface area contributed by atoms with Crippen LogP contribution in [0.15, 0.2) is 84.0 Å². The Kier molecular flexibility index (Phi) is 7.50. The Bertz CT molecular complexity index is 1760. The van der Waals surface area contributed by atoms with Gasteiger partial charge >= 0.3 is 0 Å². The molecule has 9 heteroatoms. The molecular formula is C34H37FN4O3S. The first-order valence-electron chi connectivity index (χ1n) is 14.7. The van der Waals surface area contributed by atoms with Crippen molar-refractivity contribution in [1.29, 1.82) is 0 Å². The predicted molar refractivity (Wildman–Crippen MR) is 165 cm³/mol. The van der Waals surface area contributed by atoms with Gasteiger partial charge in [-0.05, 0) is 90.6 Å². The second-order valence-electron chi connectivity index (χ2n) is 12.6. The molecule has 1 amide bonds. The van der Waals surface area contributed by atoms with E-state index in [1.54, 1.807) is 47.5 Å². The molecule has 1 saturated carbocycles. The Labute approximate surface area is 252 Å². The number of hydrogen-bond acceptors (Lipinski definition) is 4. The maximum absolute atomic E-state index is 14.1. The maximum atomic E-state index is 14.1. The summed E-state index contributed by atoms with van der Waals surface area (Å²) in [4.78, 5) is 20.6. The van der Waals surface area contributed by atoms with Crippen molar-refractivity contribution in [3.63, 3.8) is 0 Å². The molecule has 43 heavy (non-hydrogen) atoms. The molecule has 3 atom stereocenters. The summed E-state index contributed by atoms with van der Waals surface area (Å²) in [6.07, 6.45) is 5.71. The number of halogens is 1. The molecule has 6 rings (SSSR count). The standard InChI is InChI=1S/C34H37FN4O3S/c1-22-5-12-26(13-6-22)43(41,42)37-31-15-16-34(2,3)30-14-11-25(19-29(30)31)39(21-32-36-17-18-38(32)4)33(40)28-20-27(28)23-7-9-24(35)10-8-23/h5-14,17-19,27-28,31,37H,15-16,20-21H2,1-4H3/t27-,28-,31+/m0/s1. The van der Waals surface area contributed by atoms with Crippen molar-refractivity contribution in [1.82, 2.24) is 14.3 Å². The van der Waals surface area contributed by atoms with Crippen molar-refractivity contribution in [3.8, 4) is 0 Å². The van der Waals surface area contributed by atoms with Crippen LogP contribution in [0.2, 0.25) is 0 Å². The molecule has 0 radical (unpaired) electrons. The highest BCUT2D eigenvalue weighted by Crippen LogP contribution is 2.50. The lowest BCUT2D eigenvalue weighted by Crippen LogP contribution is -2.37. The van der Waals surface area contributed by atoms with Crippen LogP contribution in [0.25, 0.3) is 0 Å². The molecular weight excluding hydrogens is 563 g/mol. The largest absolute Gasteiger partial charge is 0.337 e. The van der Waals surface area contributed by atoms with Crippen molar-refractivity contribution in [2.24, 2.45) is 13.0 Å². The van der Waals surface area contributed by atoms with Crippen molar-refractivity contribution in [2.75, 3.05) is 4.90 Å². The minimum atomic E-state index is -3.77. The highest BCUT2D eigenvalue weighted by molar-refractivity contribution is 7.89. The third-order valence-corrected chi connectivity index (χ3v) is 10.5. The second kappa shape index (κ2) is 11.0. The van der Waals surface area contributed by atoms with E-state index in [2.05, 4.69) is 23.6 Å². The quantitative estimate of drug-likeness (QED) is 0.258. The number of rotatable bonds is 8. The zero-order chi connectivity index (χ0) is 30.5. The third kappa shape index (κ3) is 5.88. The smallest absolute Gasteiger partial charge is 0.241 e. The van der Waals surface area contributed by atoms with Crippen LogP contribution in [0.5, 0.6) is 0 Å². The Hall–Kier alpha value is -3.82. The fraction of sp³-hybridized carbons (Fsp3) is 0.353. The number of hydrogen-bond donors (Lipinski definition) is 1. The molecule has 0 spiro atoms. The van der Waals surface area contributed by atoms with E-state index < -0.39 is 16.1 Å². The van der Waals surface area contributed by atoms with Gasteiger partial charge in [-0.1, -0.05) is 49.7 Å². The number of anilines is 1. The average molecular weight is 601 g/mol. The number of aromatic nitrogens is 2. The summed E-state index contributed by atoms with van der Waals surface area (Å²) in [5, 5.41) is 0. The number of benzene rings is 3. The first-order chi connectivity index (χ1) is 20.4. The topological polar surface area (TPSA) is 84.3 Å². The van der Waals surface area contributed by atoms with Gasteiger partial charge in [0.25, 0.3) is 0 Å². The van der Waals surface area contributed by atoms with Crippen LogP contribution >= 0.6 is 0 Å². The molecule has 1 heterocycles. The molecule has 1 N–H and O–H groups in total. The lowest BCUT2D eigenvalue weighted by molar-refractivity contribution is -0.120. The van der Waals surface area contributed by atoms with Crippen LogP contribution < -0.4 is 9.62 Å². The van der Waals surface area contributed by atoms with E-state index in [4.69, 9.17) is 0 Å². The van der Waals surface area contributed by atoms with E-state index in [-0.39, 0.29) is 40.4 Å². The van der Waals surface area contributed by atoms with Crippen LogP contribution in [0.1, 0.15) is 73.1 Å². The Morgan fingerprint density at radius 1 is 1.09 bits per heavy atom. The van der Waals surface area contributed by atoms with Crippen LogP contribution in [0.4, 0.5) is 10.1 Å². The summed E-state index contributed by atoms with van der Waals surface area (Å²) in [5.41, 5.74) is 4.44. The zero-order valence-electron chi connectivity index (χ0n) is 24.9. The SMILES string of the molecule is Cc1ccc(S(=O)(=O)N[C@@H]2CCC(C)(C)c3ccc(N(Cc4nccn4C)C(=O)[C@H]4C[C@H]4c4ccc(F)cc4)cc32)cc1. The van der Waals surface area contributed by atoms with E-state index >= 15 is 0 Å². The Morgan fingerprint density at radius 3 is 2.49 bits per heavy atom. The van der Waals surface area contributed by atoms with Crippen molar-refractivity contribution in [3.05, 3.63) is 113 Å². The van der Waals surface area contributed by atoms with E-state index in [0.717, 1.165) is 34.5 Å². The molecule has 7 nitrogen and oxygen atoms in total. The highest BCUT2D eigenvalue weighted by Gasteiger charge is 2.46.